The molecule has 0 N–H and O–H groups in total. The number of carbonyl (C=O) groups excluding carboxylic acids is 2. The Hall–Kier alpha value is -2.58. The van der Waals surface area contributed by atoms with Gasteiger partial charge in [0.1, 0.15) is 11.6 Å². The first-order chi connectivity index (χ1) is 17.6. The van der Waals surface area contributed by atoms with Crippen LogP contribution in [-0.2, 0) is 31.9 Å². The van der Waals surface area contributed by atoms with Crippen molar-refractivity contribution < 1.29 is 19.1 Å². The highest BCUT2D eigenvalue weighted by Crippen LogP contribution is 2.39. The SMILES string of the molecule is O=C(Cc1ccc([C@H]2CCC[C@H](c3ccc(CC(=O)CC4CCCO4)nn3)C2)nn1)CC1CCCO1. The monoisotopic (exact) mass is 492 g/mol. The molecule has 4 atom stereocenters. The Morgan fingerprint density at radius 3 is 1.56 bits per heavy atom. The highest BCUT2D eigenvalue weighted by atomic mass is 16.5. The van der Waals surface area contributed by atoms with Gasteiger partial charge in [-0.2, -0.15) is 20.4 Å². The molecule has 2 saturated heterocycles. The minimum Gasteiger partial charge on any atom is -0.378 e. The largest absolute Gasteiger partial charge is 0.378 e. The van der Waals surface area contributed by atoms with Crippen molar-refractivity contribution in [3.63, 3.8) is 0 Å². The van der Waals surface area contributed by atoms with Crippen molar-refractivity contribution in [3.8, 4) is 0 Å². The van der Waals surface area contributed by atoms with Crippen LogP contribution >= 0.6 is 0 Å². The van der Waals surface area contributed by atoms with E-state index in [2.05, 4.69) is 20.4 Å². The number of Topliss-reactive ketones (excluding diaryl/α,β-unsaturated/α-hetero) is 2. The van der Waals surface area contributed by atoms with Crippen molar-refractivity contribution >= 4 is 11.6 Å². The molecule has 36 heavy (non-hydrogen) atoms. The second-order valence-electron chi connectivity index (χ2n) is 10.6. The predicted molar refractivity (Wildman–Crippen MR) is 133 cm³/mol. The fourth-order valence-electron chi connectivity index (χ4n) is 5.76. The molecule has 2 aromatic rings. The second-order valence-corrected chi connectivity index (χ2v) is 10.6. The minimum atomic E-state index is 0.0769. The maximum absolute atomic E-state index is 12.3. The molecule has 2 aromatic heterocycles. The first-order valence-electron chi connectivity index (χ1n) is 13.5. The first kappa shape index (κ1) is 25.1. The summed E-state index contributed by atoms with van der Waals surface area (Å²) in [5.74, 6) is 0.972. The van der Waals surface area contributed by atoms with E-state index in [4.69, 9.17) is 9.47 Å². The quantitative estimate of drug-likeness (QED) is 0.489. The Bertz CT molecular complexity index is 933. The van der Waals surface area contributed by atoms with E-state index in [0.29, 0.717) is 37.5 Å². The van der Waals surface area contributed by atoms with E-state index < -0.39 is 0 Å². The van der Waals surface area contributed by atoms with Crippen molar-refractivity contribution in [2.24, 2.45) is 0 Å². The average Bonchev–Trinajstić information content (AvgIpc) is 3.59. The van der Waals surface area contributed by atoms with Crippen LogP contribution < -0.4 is 0 Å². The Balaban J connectivity index is 1.12. The summed E-state index contributed by atoms with van der Waals surface area (Å²) >= 11 is 0. The molecule has 1 aliphatic carbocycles. The van der Waals surface area contributed by atoms with Gasteiger partial charge in [-0.25, -0.2) is 0 Å². The van der Waals surface area contributed by atoms with Crippen LogP contribution in [-0.4, -0.2) is 57.4 Å². The Kier molecular flexibility index (Phi) is 8.43. The van der Waals surface area contributed by atoms with E-state index in [-0.39, 0.29) is 23.8 Å². The first-order valence-corrected chi connectivity index (χ1v) is 13.5. The standard InChI is InChI=1S/C28H36N4O4/c33-23(17-25-6-2-12-35-25)15-21-8-10-27(31-29-21)19-4-1-5-20(14-19)28-11-9-22(30-32-28)16-24(34)18-26-7-3-13-36-26/h8-11,19-20,25-26H,1-7,12-18H2/t19-,20-,25?,26?/m0/s1. The van der Waals surface area contributed by atoms with Crippen LogP contribution in [0.1, 0.15) is 98.8 Å². The lowest BCUT2D eigenvalue weighted by molar-refractivity contribution is -0.121. The van der Waals surface area contributed by atoms with E-state index in [0.717, 1.165) is 87.4 Å². The third-order valence-corrected chi connectivity index (χ3v) is 7.71. The molecule has 8 heteroatoms. The Morgan fingerprint density at radius 1 is 0.667 bits per heavy atom. The summed E-state index contributed by atoms with van der Waals surface area (Å²) < 4.78 is 11.1. The number of carbonyl (C=O) groups is 2. The molecule has 0 amide bonds. The molecule has 0 radical (unpaired) electrons. The number of nitrogens with zero attached hydrogens (tertiary/aromatic N) is 4. The van der Waals surface area contributed by atoms with Gasteiger partial charge in [0, 0.05) is 37.9 Å². The van der Waals surface area contributed by atoms with E-state index in [1.807, 2.05) is 24.3 Å². The molecule has 2 aliphatic heterocycles. The third-order valence-electron chi connectivity index (χ3n) is 7.71. The maximum Gasteiger partial charge on any atom is 0.141 e. The van der Waals surface area contributed by atoms with E-state index in [1.165, 1.54) is 0 Å². The summed E-state index contributed by atoms with van der Waals surface area (Å²) in [6, 6.07) is 7.95. The molecule has 8 nitrogen and oxygen atoms in total. The van der Waals surface area contributed by atoms with Crippen LogP contribution in [0.5, 0.6) is 0 Å². The number of hydrogen-bond acceptors (Lipinski definition) is 8. The van der Waals surface area contributed by atoms with Gasteiger partial charge in [-0.1, -0.05) is 6.42 Å². The maximum atomic E-state index is 12.3. The molecule has 5 rings (SSSR count). The third kappa shape index (κ3) is 6.79. The van der Waals surface area contributed by atoms with Crippen LogP contribution in [0.2, 0.25) is 0 Å². The molecule has 192 valence electrons. The minimum absolute atomic E-state index is 0.0769. The van der Waals surface area contributed by atoms with Gasteiger partial charge in [0.2, 0.25) is 0 Å². The molecular formula is C28H36N4O4. The van der Waals surface area contributed by atoms with Crippen molar-refractivity contribution in [2.45, 2.75) is 101 Å². The van der Waals surface area contributed by atoms with E-state index >= 15 is 0 Å². The zero-order valence-electron chi connectivity index (χ0n) is 20.9. The summed E-state index contributed by atoms with van der Waals surface area (Å²) in [5, 5.41) is 17.7. The lowest BCUT2D eigenvalue weighted by atomic mass is 9.78. The van der Waals surface area contributed by atoms with Crippen molar-refractivity contribution in [1.29, 1.82) is 0 Å². The zero-order valence-corrected chi connectivity index (χ0v) is 20.9. The average molecular weight is 493 g/mol. The second kappa shape index (κ2) is 12.1. The van der Waals surface area contributed by atoms with Crippen LogP contribution in [0.25, 0.3) is 0 Å². The number of hydrogen-bond donors (Lipinski definition) is 0. The molecule has 0 bridgehead atoms. The number of aromatic nitrogens is 4. The van der Waals surface area contributed by atoms with Crippen LogP contribution in [0, 0.1) is 0 Å². The molecule has 2 unspecified atom stereocenters. The highest BCUT2D eigenvalue weighted by molar-refractivity contribution is 5.81. The lowest BCUT2D eigenvalue weighted by Crippen LogP contribution is -2.18. The van der Waals surface area contributed by atoms with Gasteiger partial charge in [-0.15, -0.1) is 0 Å². The number of ether oxygens (including phenoxy) is 2. The van der Waals surface area contributed by atoms with Gasteiger partial charge in [-0.3, -0.25) is 9.59 Å². The molecular weight excluding hydrogens is 456 g/mol. The Morgan fingerprint density at radius 2 is 1.17 bits per heavy atom. The lowest BCUT2D eigenvalue weighted by Gasteiger charge is -2.28. The van der Waals surface area contributed by atoms with Gasteiger partial charge in [0.25, 0.3) is 0 Å². The summed E-state index contributed by atoms with van der Waals surface area (Å²) in [5.41, 5.74) is 3.42. The van der Waals surface area contributed by atoms with Gasteiger partial charge in [-0.05, 0) is 69.2 Å². The Labute approximate surface area is 212 Å². The van der Waals surface area contributed by atoms with Gasteiger partial charge in [0.15, 0.2) is 0 Å². The van der Waals surface area contributed by atoms with Gasteiger partial charge < -0.3 is 9.47 Å². The van der Waals surface area contributed by atoms with Crippen molar-refractivity contribution in [1.82, 2.24) is 20.4 Å². The zero-order chi connectivity index (χ0) is 24.7. The fourth-order valence-corrected chi connectivity index (χ4v) is 5.76. The molecule has 0 aromatic carbocycles. The van der Waals surface area contributed by atoms with Gasteiger partial charge in [0.05, 0.1) is 47.8 Å². The topological polar surface area (TPSA) is 104 Å². The smallest absolute Gasteiger partial charge is 0.141 e. The summed E-state index contributed by atoms with van der Waals surface area (Å²) in [4.78, 5) is 24.7. The van der Waals surface area contributed by atoms with Crippen LogP contribution in [0.15, 0.2) is 24.3 Å². The summed E-state index contributed by atoms with van der Waals surface area (Å²) in [6.45, 7) is 1.53. The predicted octanol–water partition coefficient (Wildman–Crippen LogP) is 4.07. The van der Waals surface area contributed by atoms with Gasteiger partial charge >= 0.3 is 0 Å². The summed E-state index contributed by atoms with van der Waals surface area (Å²) in [6.07, 6.45) is 9.96. The van der Waals surface area contributed by atoms with Crippen molar-refractivity contribution in [2.75, 3.05) is 13.2 Å². The number of ketones is 2. The fraction of sp³-hybridized carbons (Fsp3) is 0.643. The van der Waals surface area contributed by atoms with Crippen LogP contribution in [0.3, 0.4) is 0 Å². The highest BCUT2D eigenvalue weighted by Gasteiger charge is 2.27. The van der Waals surface area contributed by atoms with Crippen molar-refractivity contribution in [3.05, 3.63) is 47.0 Å². The molecule has 3 aliphatic rings. The molecule has 1 saturated carbocycles. The van der Waals surface area contributed by atoms with E-state index in [1.54, 1.807) is 0 Å². The molecule has 3 fully saturated rings. The molecule has 0 spiro atoms. The molecule has 4 heterocycles. The summed E-state index contributed by atoms with van der Waals surface area (Å²) in [7, 11) is 0. The number of rotatable bonds is 10. The normalized spacial score (nSPS) is 26.2. The van der Waals surface area contributed by atoms with E-state index in [9.17, 15) is 9.59 Å². The van der Waals surface area contributed by atoms with Crippen LogP contribution in [0.4, 0.5) is 0 Å².